The molecule has 0 unspecified atom stereocenters. The number of nitrogens with two attached hydrogens (primary N) is 3. The molecule has 10 heteroatoms. The van der Waals surface area contributed by atoms with Crippen molar-refractivity contribution in [2.45, 2.75) is 25.7 Å². The van der Waals surface area contributed by atoms with Gasteiger partial charge in [-0.05, 0) is 56.0 Å². The lowest BCUT2D eigenvalue weighted by Gasteiger charge is -2.34. The zero-order valence-corrected chi connectivity index (χ0v) is 21.7. The molecule has 0 saturated heterocycles. The molecule has 0 radical (unpaired) electrons. The first-order valence-corrected chi connectivity index (χ1v) is 12.8. The smallest absolute Gasteiger partial charge is 0.310 e. The highest BCUT2D eigenvalue weighted by molar-refractivity contribution is 5.51. The number of allylic oxidation sites excluding steroid dienone is 4. The highest BCUT2D eigenvalue weighted by Crippen LogP contribution is 2.32. The minimum absolute atomic E-state index is 0.0294. The van der Waals surface area contributed by atoms with Crippen LogP contribution in [0.2, 0.25) is 0 Å². The van der Waals surface area contributed by atoms with Crippen molar-refractivity contribution >= 4 is 11.4 Å². The molecule has 4 rings (SSSR count). The number of nitrogens with zero attached hydrogens (tertiary/aromatic N) is 1. The normalized spacial score (nSPS) is 15.3. The summed E-state index contributed by atoms with van der Waals surface area (Å²) in [5.41, 5.74) is 18.9. The van der Waals surface area contributed by atoms with Gasteiger partial charge < -0.3 is 36.1 Å². The highest BCUT2D eigenvalue weighted by Gasteiger charge is 2.37. The fourth-order valence-electron chi connectivity index (χ4n) is 4.14. The zero-order chi connectivity index (χ0) is 27.7. The van der Waals surface area contributed by atoms with Gasteiger partial charge in [0.1, 0.15) is 49.1 Å². The van der Waals surface area contributed by atoms with E-state index in [1.54, 1.807) is 30.3 Å². The molecule has 2 aliphatic carbocycles. The molecule has 6 N–H and O–H groups in total. The van der Waals surface area contributed by atoms with Gasteiger partial charge in [-0.15, -0.1) is 0 Å². The molecule has 0 heterocycles. The number of hydrogen-bond acceptors (Lipinski definition) is 9. The Kier molecular flexibility index (Phi) is 8.98. The van der Waals surface area contributed by atoms with Crippen LogP contribution in [-0.2, 0) is 9.47 Å². The molecule has 0 fully saturated rings. The number of benzene rings is 2. The van der Waals surface area contributed by atoms with Gasteiger partial charge in [0.15, 0.2) is 5.75 Å². The Morgan fingerprint density at radius 1 is 0.667 bits per heavy atom. The predicted molar refractivity (Wildman–Crippen MR) is 148 cm³/mol. The van der Waals surface area contributed by atoms with E-state index in [4.69, 9.17) is 36.1 Å². The van der Waals surface area contributed by atoms with E-state index >= 15 is 0 Å². The van der Waals surface area contributed by atoms with Crippen molar-refractivity contribution in [3.63, 3.8) is 0 Å². The van der Waals surface area contributed by atoms with Crippen LogP contribution in [0.25, 0.3) is 0 Å². The molecule has 0 amide bonds. The molecule has 206 valence electrons. The van der Waals surface area contributed by atoms with Crippen molar-refractivity contribution in [2.24, 2.45) is 16.9 Å². The van der Waals surface area contributed by atoms with Crippen molar-refractivity contribution < 1.29 is 23.9 Å². The zero-order valence-electron chi connectivity index (χ0n) is 21.7. The average Bonchev–Trinajstić information content (AvgIpc) is 2.94. The van der Waals surface area contributed by atoms with E-state index in [9.17, 15) is 10.1 Å². The molecule has 0 spiro atoms. The van der Waals surface area contributed by atoms with Crippen LogP contribution < -0.4 is 26.7 Å². The van der Waals surface area contributed by atoms with Crippen LogP contribution in [0.5, 0.6) is 11.5 Å². The summed E-state index contributed by atoms with van der Waals surface area (Å²) in [4.78, 5) is 11.1. The molecule has 10 nitrogen and oxygen atoms in total. The van der Waals surface area contributed by atoms with Gasteiger partial charge in [-0.25, -0.2) is 0 Å². The number of rotatable bonds is 13. The van der Waals surface area contributed by atoms with Gasteiger partial charge in [0.05, 0.1) is 22.0 Å². The van der Waals surface area contributed by atoms with Crippen LogP contribution in [0, 0.1) is 15.5 Å². The van der Waals surface area contributed by atoms with E-state index in [2.05, 4.69) is 0 Å². The van der Waals surface area contributed by atoms with Gasteiger partial charge >= 0.3 is 5.69 Å². The van der Waals surface area contributed by atoms with E-state index in [1.807, 2.05) is 36.4 Å². The second kappa shape index (κ2) is 12.8. The van der Waals surface area contributed by atoms with Crippen molar-refractivity contribution in [1.29, 1.82) is 0 Å². The number of ether oxygens (including phenoxy) is 4. The molecular formula is C29H34N4O6. The number of para-hydroxylation sites is 4. The number of nitro benzene ring substituents is 1. The number of nitro groups is 1. The van der Waals surface area contributed by atoms with Gasteiger partial charge in [-0.1, -0.05) is 36.4 Å². The first-order valence-electron chi connectivity index (χ1n) is 12.8. The molecule has 0 aliphatic heterocycles. The Bertz CT molecular complexity index is 1260. The van der Waals surface area contributed by atoms with Gasteiger partial charge in [0.25, 0.3) is 0 Å². The number of anilines is 1. The van der Waals surface area contributed by atoms with Crippen molar-refractivity contribution in [3.05, 3.63) is 106 Å². The lowest BCUT2D eigenvalue weighted by atomic mass is 9.91. The van der Waals surface area contributed by atoms with E-state index < -0.39 is 10.3 Å². The Morgan fingerprint density at radius 2 is 1.13 bits per heavy atom. The number of hydrogen-bond donors (Lipinski definition) is 3. The molecule has 2 aliphatic rings. The Labute approximate surface area is 227 Å². The van der Waals surface area contributed by atoms with Crippen LogP contribution in [-0.4, -0.2) is 31.4 Å². The molecule has 2 aromatic rings. The monoisotopic (exact) mass is 534 g/mol. The van der Waals surface area contributed by atoms with E-state index in [-0.39, 0.29) is 37.9 Å². The lowest BCUT2D eigenvalue weighted by molar-refractivity contribution is -0.386. The van der Waals surface area contributed by atoms with Gasteiger partial charge in [-0.3, -0.25) is 10.1 Å². The maximum absolute atomic E-state index is 11.6. The lowest BCUT2D eigenvalue weighted by Crippen LogP contribution is -2.44. The Balaban J connectivity index is 1.64. The van der Waals surface area contributed by atoms with Crippen LogP contribution in [0.3, 0.4) is 0 Å². The minimum atomic E-state index is -0.955. The molecule has 0 bridgehead atoms. The third kappa shape index (κ3) is 7.25. The van der Waals surface area contributed by atoms with Crippen molar-refractivity contribution in [3.8, 4) is 11.5 Å². The topological polar surface area (TPSA) is 158 Å². The maximum Gasteiger partial charge on any atom is 0.310 e. The van der Waals surface area contributed by atoms with E-state index in [0.29, 0.717) is 34.3 Å². The fourth-order valence-corrected chi connectivity index (χ4v) is 4.14. The SMILES string of the molecule is NC1=CCCC=C1OCC(COC1=CCCC=C1N)(COc1ccccc1N)COc1ccccc1[N+](=O)[O-]. The Hall–Kier alpha value is -4.60. The summed E-state index contributed by atoms with van der Waals surface area (Å²) >= 11 is 0. The van der Waals surface area contributed by atoms with Crippen LogP contribution in [0.15, 0.2) is 95.7 Å². The highest BCUT2D eigenvalue weighted by atomic mass is 16.6. The molecular weight excluding hydrogens is 500 g/mol. The first kappa shape index (κ1) is 27.4. The Morgan fingerprint density at radius 3 is 1.67 bits per heavy atom. The second-order valence-electron chi connectivity index (χ2n) is 9.53. The van der Waals surface area contributed by atoms with E-state index in [0.717, 1.165) is 25.7 Å². The van der Waals surface area contributed by atoms with Crippen LogP contribution in [0.1, 0.15) is 25.7 Å². The van der Waals surface area contributed by atoms with Gasteiger partial charge in [0.2, 0.25) is 0 Å². The summed E-state index contributed by atoms with van der Waals surface area (Å²) < 4.78 is 24.7. The van der Waals surface area contributed by atoms with Crippen molar-refractivity contribution in [2.75, 3.05) is 32.2 Å². The number of nitrogen functional groups attached to an aromatic ring is 1. The second-order valence-corrected chi connectivity index (χ2v) is 9.53. The summed E-state index contributed by atoms with van der Waals surface area (Å²) in [6.45, 7) is 0.198. The average molecular weight is 535 g/mol. The quantitative estimate of drug-likeness (QED) is 0.188. The molecule has 0 aromatic heterocycles. The van der Waals surface area contributed by atoms with Crippen molar-refractivity contribution in [1.82, 2.24) is 0 Å². The largest absolute Gasteiger partial charge is 0.491 e. The first-order chi connectivity index (χ1) is 18.9. The maximum atomic E-state index is 11.6. The van der Waals surface area contributed by atoms with Gasteiger partial charge in [0, 0.05) is 6.07 Å². The molecule has 2 aromatic carbocycles. The van der Waals surface area contributed by atoms with Crippen LogP contribution in [0.4, 0.5) is 11.4 Å². The fraction of sp³-hybridized carbons (Fsp3) is 0.310. The third-order valence-electron chi connectivity index (χ3n) is 6.41. The van der Waals surface area contributed by atoms with E-state index in [1.165, 1.54) is 6.07 Å². The summed E-state index contributed by atoms with van der Waals surface area (Å²) in [5.74, 6) is 1.73. The predicted octanol–water partition coefficient (Wildman–Crippen LogP) is 4.70. The van der Waals surface area contributed by atoms with Crippen LogP contribution >= 0.6 is 0 Å². The summed E-state index contributed by atoms with van der Waals surface area (Å²) in [6, 6.07) is 13.3. The molecule has 0 saturated carbocycles. The summed E-state index contributed by atoms with van der Waals surface area (Å²) in [7, 11) is 0. The molecule has 39 heavy (non-hydrogen) atoms. The summed E-state index contributed by atoms with van der Waals surface area (Å²) in [5, 5.41) is 11.6. The van der Waals surface area contributed by atoms with Gasteiger partial charge in [-0.2, -0.15) is 0 Å². The third-order valence-corrected chi connectivity index (χ3v) is 6.41. The summed E-state index contributed by atoms with van der Waals surface area (Å²) in [6.07, 6.45) is 11.0. The minimum Gasteiger partial charge on any atom is -0.491 e. The molecule has 0 atom stereocenters. The standard InChI is InChI=1S/C29H34N4O6/c30-21-9-1-5-13-25(21)36-17-29(18-37-26-14-6-2-10-22(26)31,19-38-27-15-7-3-11-23(27)32)20-39-28-16-8-4-12-24(28)33(34)35/h1,4-5,8-16H,2-3,6-7,17-20,30-32H2.